The van der Waals surface area contributed by atoms with Crippen molar-refractivity contribution in [3.05, 3.63) is 41.5 Å². The van der Waals surface area contributed by atoms with Gasteiger partial charge in [-0.1, -0.05) is 6.07 Å². The van der Waals surface area contributed by atoms with Crippen molar-refractivity contribution in [2.45, 2.75) is 26.2 Å². The lowest BCUT2D eigenvalue weighted by atomic mass is 9.76. The van der Waals surface area contributed by atoms with Gasteiger partial charge in [-0.05, 0) is 61.3 Å². The van der Waals surface area contributed by atoms with Gasteiger partial charge in [0.25, 0.3) is 0 Å². The molecule has 5 heterocycles. The number of ketones is 1. The number of piperidine rings is 1. The number of amides is 1. The highest BCUT2D eigenvalue weighted by Gasteiger charge is 2.56. The van der Waals surface area contributed by atoms with E-state index in [-0.39, 0.29) is 24.8 Å². The van der Waals surface area contributed by atoms with Crippen molar-refractivity contribution in [3.63, 3.8) is 0 Å². The second kappa shape index (κ2) is 7.90. The molecule has 0 saturated carbocycles. The third-order valence-corrected chi connectivity index (χ3v) is 6.71. The molecule has 2 aromatic heterocycles. The van der Waals surface area contributed by atoms with Crippen molar-refractivity contribution in [2.75, 3.05) is 32.8 Å². The fourth-order valence-electron chi connectivity index (χ4n) is 4.62. The van der Waals surface area contributed by atoms with Gasteiger partial charge in [0, 0.05) is 12.7 Å². The van der Waals surface area contributed by atoms with Gasteiger partial charge in [0.1, 0.15) is 18.3 Å². The average Bonchev–Trinajstić information content (AvgIpc) is 3.52. The van der Waals surface area contributed by atoms with Crippen molar-refractivity contribution in [1.82, 2.24) is 35.0 Å². The van der Waals surface area contributed by atoms with Gasteiger partial charge in [0.2, 0.25) is 5.91 Å². The topological polar surface area (TPSA) is 123 Å². The number of pyridine rings is 1. The molecular weight excluding hydrogens is 414 g/mol. The van der Waals surface area contributed by atoms with Gasteiger partial charge in [-0.25, -0.2) is 9.78 Å². The number of carbonyl (C=O) groups is 3. The molecule has 0 aromatic carbocycles. The third-order valence-electron chi connectivity index (χ3n) is 6.71. The largest absolute Gasteiger partial charge is 0.456 e. The first-order valence-corrected chi connectivity index (χ1v) is 10.6. The molecule has 166 valence electrons. The average molecular weight is 437 g/mol. The molecular formula is C21H23N7O4. The van der Waals surface area contributed by atoms with Crippen LogP contribution in [0.25, 0.3) is 5.82 Å². The lowest BCUT2D eigenvalue weighted by Gasteiger charge is -2.36. The van der Waals surface area contributed by atoms with Gasteiger partial charge in [-0.2, -0.15) is 4.68 Å². The number of hydrogen-bond acceptors (Lipinski definition) is 9. The van der Waals surface area contributed by atoms with E-state index >= 15 is 0 Å². The number of likely N-dealkylation sites (tertiary alicyclic amines) is 2. The summed E-state index contributed by atoms with van der Waals surface area (Å²) in [6.07, 6.45) is 5.12. The van der Waals surface area contributed by atoms with Crippen molar-refractivity contribution < 1.29 is 19.1 Å². The monoisotopic (exact) mass is 437 g/mol. The van der Waals surface area contributed by atoms with E-state index in [4.69, 9.17) is 4.74 Å². The molecule has 2 saturated heterocycles. The molecule has 0 bridgehead atoms. The Morgan fingerprint density at radius 1 is 1.16 bits per heavy atom. The van der Waals surface area contributed by atoms with Crippen molar-refractivity contribution in [3.8, 4) is 5.82 Å². The van der Waals surface area contributed by atoms with Crippen LogP contribution in [0.3, 0.4) is 0 Å². The Hall–Kier alpha value is -3.47. The molecule has 0 aliphatic carbocycles. The standard InChI is InChI=1S/C21H23N7O4/c1-14-16(12-32-19(14)30)27-11-17(29)21(20(27)31)5-8-26(9-6-21)7-4-15-2-3-18(22-10-15)28-13-23-24-25-28/h2-3,10,13H,4-9,11-12H2,1H3. The van der Waals surface area contributed by atoms with Crippen LogP contribution < -0.4 is 0 Å². The Morgan fingerprint density at radius 2 is 1.97 bits per heavy atom. The van der Waals surface area contributed by atoms with Crippen LogP contribution in [0, 0.1) is 5.41 Å². The van der Waals surface area contributed by atoms with Crippen LogP contribution in [0.2, 0.25) is 0 Å². The highest BCUT2D eigenvalue weighted by molar-refractivity contribution is 6.14. The zero-order valence-corrected chi connectivity index (χ0v) is 17.7. The van der Waals surface area contributed by atoms with E-state index in [0.29, 0.717) is 43.0 Å². The lowest BCUT2D eigenvalue weighted by Crippen LogP contribution is -2.47. The molecule has 0 radical (unpaired) electrons. The van der Waals surface area contributed by atoms with Crippen LogP contribution >= 0.6 is 0 Å². The summed E-state index contributed by atoms with van der Waals surface area (Å²) in [5, 5.41) is 11.0. The molecule has 11 heteroatoms. The molecule has 2 fully saturated rings. The normalized spacial score (nSPS) is 21.2. The molecule has 0 N–H and O–H groups in total. The minimum Gasteiger partial charge on any atom is -0.456 e. The molecule has 1 amide bonds. The number of aromatic nitrogens is 5. The Balaban J connectivity index is 1.18. The van der Waals surface area contributed by atoms with Gasteiger partial charge in [0.05, 0.1) is 17.8 Å². The zero-order valence-electron chi connectivity index (χ0n) is 17.7. The summed E-state index contributed by atoms with van der Waals surface area (Å²) in [5.41, 5.74) is 1.07. The minimum absolute atomic E-state index is 0.0292. The SMILES string of the molecule is CC1=C(N2CC(=O)C3(CCN(CCc4ccc(-n5cnnn5)nc4)CC3)C2=O)COC1=O. The van der Waals surface area contributed by atoms with Gasteiger partial charge in [-0.3, -0.25) is 9.59 Å². The van der Waals surface area contributed by atoms with Gasteiger partial charge in [-0.15, -0.1) is 5.10 Å². The minimum atomic E-state index is -0.968. The Labute approximate surface area is 184 Å². The molecule has 1 spiro atoms. The fraction of sp³-hybridized carbons (Fsp3) is 0.476. The number of tetrazole rings is 1. The molecule has 2 aromatic rings. The van der Waals surface area contributed by atoms with E-state index < -0.39 is 11.4 Å². The van der Waals surface area contributed by atoms with E-state index in [9.17, 15) is 14.4 Å². The number of esters is 1. The van der Waals surface area contributed by atoms with Gasteiger partial charge < -0.3 is 14.5 Å². The highest BCUT2D eigenvalue weighted by atomic mass is 16.5. The number of carbonyl (C=O) groups excluding carboxylic acids is 3. The fourth-order valence-corrected chi connectivity index (χ4v) is 4.62. The second-order valence-corrected chi connectivity index (χ2v) is 8.42. The quantitative estimate of drug-likeness (QED) is 0.467. The smallest absolute Gasteiger partial charge is 0.336 e. The molecule has 3 aliphatic rings. The molecule has 0 unspecified atom stereocenters. The predicted molar refractivity (Wildman–Crippen MR) is 109 cm³/mol. The molecule has 32 heavy (non-hydrogen) atoms. The number of nitrogens with zero attached hydrogens (tertiary/aromatic N) is 7. The Bertz CT molecular complexity index is 1090. The van der Waals surface area contributed by atoms with Crippen LogP contribution in [-0.2, 0) is 25.5 Å². The Morgan fingerprint density at radius 3 is 2.59 bits per heavy atom. The Kier molecular flexibility index (Phi) is 5.04. The number of cyclic esters (lactones) is 1. The number of hydrogen-bond donors (Lipinski definition) is 0. The zero-order chi connectivity index (χ0) is 22.3. The summed E-state index contributed by atoms with van der Waals surface area (Å²) in [6.45, 7) is 3.90. The van der Waals surface area contributed by atoms with Crippen molar-refractivity contribution in [2.24, 2.45) is 5.41 Å². The molecule has 5 rings (SSSR count). The summed E-state index contributed by atoms with van der Waals surface area (Å²) in [5.74, 6) is -0.000865. The lowest BCUT2D eigenvalue weighted by molar-refractivity contribution is -0.142. The number of rotatable bonds is 5. The van der Waals surface area contributed by atoms with E-state index in [2.05, 4.69) is 25.4 Å². The first-order chi connectivity index (χ1) is 15.5. The maximum Gasteiger partial charge on any atom is 0.336 e. The van der Waals surface area contributed by atoms with E-state index in [0.717, 1.165) is 18.5 Å². The summed E-state index contributed by atoms with van der Waals surface area (Å²) in [6, 6.07) is 3.87. The van der Waals surface area contributed by atoms with Crippen LogP contribution in [0.4, 0.5) is 0 Å². The first-order valence-electron chi connectivity index (χ1n) is 10.6. The number of Topliss-reactive ketones (excluding diaryl/α,β-unsaturated/α-hetero) is 1. The van der Waals surface area contributed by atoms with Crippen LogP contribution in [0.1, 0.15) is 25.3 Å². The van der Waals surface area contributed by atoms with Crippen molar-refractivity contribution in [1.29, 1.82) is 0 Å². The van der Waals surface area contributed by atoms with Crippen molar-refractivity contribution >= 4 is 17.7 Å². The molecule has 11 nitrogen and oxygen atoms in total. The van der Waals surface area contributed by atoms with Crippen LogP contribution in [-0.4, -0.2) is 85.4 Å². The second-order valence-electron chi connectivity index (χ2n) is 8.42. The van der Waals surface area contributed by atoms with E-state index in [1.54, 1.807) is 6.92 Å². The third kappa shape index (κ3) is 3.38. The first kappa shape index (κ1) is 20.4. The number of ether oxygens (including phenoxy) is 1. The molecule has 0 atom stereocenters. The summed E-state index contributed by atoms with van der Waals surface area (Å²) in [7, 11) is 0. The molecule has 3 aliphatic heterocycles. The van der Waals surface area contributed by atoms with E-state index in [1.807, 2.05) is 18.3 Å². The summed E-state index contributed by atoms with van der Waals surface area (Å²) in [4.78, 5) is 45.9. The summed E-state index contributed by atoms with van der Waals surface area (Å²) >= 11 is 0. The highest BCUT2D eigenvalue weighted by Crippen LogP contribution is 2.41. The maximum absolute atomic E-state index is 13.2. The van der Waals surface area contributed by atoms with Crippen LogP contribution in [0.5, 0.6) is 0 Å². The summed E-state index contributed by atoms with van der Waals surface area (Å²) < 4.78 is 6.52. The van der Waals surface area contributed by atoms with Gasteiger partial charge >= 0.3 is 5.97 Å². The predicted octanol–water partition coefficient (Wildman–Crippen LogP) is -0.0759. The van der Waals surface area contributed by atoms with Gasteiger partial charge in [0.15, 0.2) is 11.6 Å². The maximum atomic E-state index is 13.2. The van der Waals surface area contributed by atoms with E-state index in [1.165, 1.54) is 15.9 Å². The van der Waals surface area contributed by atoms with Crippen LogP contribution in [0.15, 0.2) is 35.9 Å².